The molecule has 1 aliphatic rings. The Bertz CT molecular complexity index is 401. The topological polar surface area (TPSA) is 36.9 Å². The van der Waals surface area contributed by atoms with Crippen molar-refractivity contribution in [3.05, 3.63) is 23.8 Å². The summed E-state index contributed by atoms with van der Waals surface area (Å²) in [6, 6.07) is 6.02. The number of fused-ring (bicyclic) bond motifs is 1. The molecule has 0 fully saturated rings. The first kappa shape index (κ1) is 12.6. The molecule has 94 valence electrons. The molecule has 1 heterocycles. The van der Waals surface area contributed by atoms with Gasteiger partial charge in [-0.3, -0.25) is 0 Å². The Kier molecular flexibility index (Phi) is 3.53. The Hall–Kier alpha value is -0.883. The summed E-state index contributed by atoms with van der Waals surface area (Å²) in [5.74, 6) is 0.332. The molecule has 0 radical (unpaired) electrons. The predicted molar refractivity (Wildman–Crippen MR) is 66.7 cm³/mol. The van der Waals surface area contributed by atoms with Crippen molar-refractivity contribution >= 4 is 14.5 Å². The lowest BCUT2D eigenvalue weighted by molar-refractivity contribution is -0.180. The smallest absolute Gasteiger partial charge is 0.355 e. The van der Waals surface area contributed by atoms with Crippen LogP contribution in [0.15, 0.2) is 18.2 Å². The van der Waals surface area contributed by atoms with Crippen LogP contribution in [0.4, 0.5) is 0 Å². The van der Waals surface area contributed by atoms with E-state index in [0.29, 0.717) is 6.61 Å². The van der Waals surface area contributed by atoms with Gasteiger partial charge < -0.3 is 18.3 Å². The van der Waals surface area contributed by atoms with Crippen LogP contribution in [0.2, 0.25) is 0 Å². The van der Waals surface area contributed by atoms with Crippen molar-refractivity contribution in [1.29, 1.82) is 0 Å². The molecule has 0 saturated heterocycles. The third-order valence-electron chi connectivity index (χ3n) is 2.72. The molecule has 17 heavy (non-hydrogen) atoms. The van der Waals surface area contributed by atoms with Gasteiger partial charge in [0.2, 0.25) is 5.79 Å². The lowest BCUT2D eigenvalue weighted by Crippen LogP contribution is -2.38. The van der Waals surface area contributed by atoms with Gasteiger partial charge in [0.05, 0.1) is 6.61 Å². The molecule has 1 aromatic rings. The lowest BCUT2D eigenvalue weighted by atomic mass is 10.2. The van der Waals surface area contributed by atoms with Crippen molar-refractivity contribution in [3.8, 4) is 5.75 Å². The Morgan fingerprint density at radius 3 is 2.59 bits per heavy atom. The minimum atomic E-state index is -1.74. The highest BCUT2D eigenvalue weighted by Gasteiger charge is 2.28. The maximum absolute atomic E-state index is 5.73. The van der Waals surface area contributed by atoms with Crippen LogP contribution >= 0.6 is 0 Å². The van der Waals surface area contributed by atoms with E-state index >= 15 is 0 Å². The molecule has 0 atom stereocenters. The molecule has 4 nitrogen and oxygen atoms in total. The normalized spacial score (nSPS) is 17.7. The van der Waals surface area contributed by atoms with Crippen LogP contribution in [0.3, 0.4) is 0 Å². The van der Waals surface area contributed by atoms with Crippen molar-refractivity contribution in [1.82, 2.24) is 0 Å². The molecule has 0 amide bonds. The van der Waals surface area contributed by atoms with Crippen LogP contribution in [0.1, 0.15) is 19.4 Å². The van der Waals surface area contributed by atoms with Gasteiger partial charge in [-0.25, -0.2) is 0 Å². The number of ether oxygens (including phenoxy) is 2. The molecule has 0 unspecified atom stereocenters. The fourth-order valence-corrected chi connectivity index (χ4v) is 3.20. The first-order valence-electron chi connectivity index (χ1n) is 5.57. The molecular formula is C12H18O4Si. The highest BCUT2D eigenvalue weighted by Crippen LogP contribution is 2.30. The van der Waals surface area contributed by atoms with Crippen LogP contribution in [-0.4, -0.2) is 29.3 Å². The van der Waals surface area contributed by atoms with Crippen molar-refractivity contribution in [2.24, 2.45) is 0 Å². The highest BCUT2D eigenvalue weighted by atomic mass is 28.3. The van der Waals surface area contributed by atoms with Gasteiger partial charge in [0.1, 0.15) is 5.75 Å². The van der Waals surface area contributed by atoms with Crippen molar-refractivity contribution in [2.45, 2.75) is 26.2 Å². The minimum Gasteiger partial charge on any atom is -0.463 e. The van der Waals surface area contributed by atoms with Crippen molar-refractivity contribution in [3.63, 3.8) is 0 Å². The summed E-state index contributed by atoms with van der Waals surface area (Å²) >= 11 is 0. The SMILES string of the molecule is CO[SiH](OC)c1ccc2c(c1)COC(C)(C)O2. The van der Waals surface area contributed by atoms with E-state index in [1.165, 1.54) is 0 Å². The maximum atomic E-state index is 5.73. The Morgan fingerprint density at radius 1 is 1.24 bits per heavy atom. The first-order chi connectivity index (χ1) is 8.05. The Morgan fingerprint density at radius 2 is 1.94 bits per heavy atom. The average Bonchev–Trinajstić information content (AvgIpc) is 2.30. The predicted octanol–water partition coefficient (Wildman–Crippen LogP) is 1.05. The van der Waals surface area contributed by atoms with Gasteiger partial charge in [-0.15, -0.1) is 0 Å². The first-order valence-corrected chi connectivity index (χ1v) is 7.09. The van der Waals surface area contributed by atoms with Crippen LogP contribution in [-0.2, 0) is 20.2 Å². The van der Waals surface area contributed by atoms with Gasteiger partial charge in [-0.1, -0.05) is 6.07 Å². The zero-order valence-corrected chi connectivity index (χ0v) is 11.8. The summed E-state index contributed by atoms with van der Waals surface area (Å²) in [5, 5.41) is 1.10. The zero-order chi connectivity index (χ0) is 12.5. The molecule has 0 aliphatic carbocycles. The fourth-order valence-electron chi connectivity index (χ4n) is 1.87. The van der Waals surface area contributed by atoms with Gasteiger partial charge in [-0.2, -0.15) is 0 Å². The minimum absolute atomic E-state index is 0.548. The van der Waals surface area contributed by atoms with Crippen LogP contribution in [0.5, 0.6) is 5.75 Å². The molecule has 0 spiro atoms. The van der Waals surface area contributed by atoms with Gasteiger partial charge in [-0.05, 0) is 17.3 Å². The fraction of sp³-hybridized carbons (Fsp3) is 0.500. The molecule has 0 bridgehead atoms. The quantitative estimate of drug-likeness (QED) is 0.756. The van der Waals surface area contributed by atoms with E-state index in [1.807, 2.05) is 26.0 Å². The second-order valence-corrected chi connectivity index (χ2v) is 6.73. The van der Waals surface area contributed by atoms with Crippen LogP contribution < -0.4 is 9.92 Å². The van der Waals surface area contributed by atoms with Gasteiger partial charge >= 0.3 is 9.28 Å². The average molecular weight is 254 g/mol. The Balaban J connectivity index is 2.27. The highest BCUT2D eigenvalue weighted by molar-refractivity contribution is 6.61. The second-order valence-electron chi connectivity index (χ2n) is 4.46. The standard InChI is InChI=1S/C12H18O4Si/c1-12(2)15-8-9-7-10(17(13-3)14-4)5-6-11(9)16-12/h5-7,17H,8H2,1-4H3. The summed E-state index contributed by atoms with van der Waals surface area (Å²) in [5.41, 5.74) is 1.05. The van der Waals surface area contributed by atoms with E-state index in [9.17, 15) is 0 Å². The molecule has 5 heteroatoms. The summed E-state index contributed by atoms with van der Waals surface area (Å²) in [7, 11) is 1.61. The van der Waals surface area contributed by atoms with E-state index in [1.54, 1.807) is 14.2 Å². The van der Waals surface area contributed by atoms with Gasteiger partial charge in [0.25, 0.3) is 0 Å². The molecule has 1 aliphatic heterocycles. The van der Waals surface area contributed by atoms with Gasteiger partial charge in [0, 0.05) is 33.6 Å². The third-order valence-corrected chi connectivity index (χ3v) is 4.48. The molecule has 0 saturated carbocycles. The summed E-state index contributed by atoms with van der Waals surface area (Å²) in [4.78, 5) is 0. The lowest BCUT2D eigenvalue weighted by Gasteiger charge is -2.32. The largest absolute Gasteiger partial charge is 0.463 e. The summed E-state index contributed by atoms with van der Waals surface area (Å²) in [6.45, 7) is 4.38. The summed E-state index contributed by atoms with van der Waals surface area (Å²) in [6.07, 6.45) is 0. The van der Waals surface area contributed by atoms with E-state index in [0.717, 1.165) is 16.5 Å². The van der Waals surface area contributed by atoms with Crippen LogP contribution in [0.25, 0.3) is 0 Å². The van der Waals surface area contributed by atoms with Crippen LogP contribution in [0, 0.1) is 0 Å². The molecule has 1 aromatic carbocycles. The van der Waals surface area contributed by atoms with E-state index in [-0.39, 0.29) is 0 Å². The number of hydrogen-bond donors (Lipinski definition) is 0. The van der Waals surface area contributed by atoms with E-state index in [4.69, 9.17) is 18.3 Å². The molecular weight excluding hydrogens is 236 g/mol. The molecule has 2 rings (SSSR count). The second kappa shape index (κ2) is 4.78. The zero-order valence-electron chi connectivity index (χ0n) is 10.6. The number of hydrogen-bond acceptors (Lipinski definition) is 4. The van der Waals surface area contributed by atoms with Crippen molar-refractivity contribution in [2.75, 3.05) is 14.2 Å². The monoisotopic (exact) mass is 254 g/mol. The van der Waals surface area contributed by atoms with E-state index in [2.05, 4.69) is 6.07 Å². The summed E-state index contributed by atoms with van der Waals surface area (Å²) < 4.78 is 22.0. The van der Waals surface area contributed by atoms with E-state index < -0.39 is 15.1 Å². The number of rotatable bonds is 3. The van der Waals surface area contributed by atoms with Gasteiger partial charge in [0.15, 0.2) is 0 Å². The maximum Gasteiger partial charge on any atom is 0.355 e. The number of benzene rings is 1. The molecule has 0 N–H and O–H groups in total. The van der Waals surface area contributed by atoms with Crippen molar-refractivity contribution < 1.29 is 18.3 Å². The third kappa shape index (κ3) is 2.69. The molecule has 0 aromatic heterocycles. The Labute approximate surface area is 103 Å².